The van der Waals surface area contributed by atoms with Crippen molar-refractivity contribution in [1.29, 1.82) is 0 Å². The molecule has 1 atom stereocenters. The number of hydrogen-bond acceptors (Lipinski definition) is 6. The van der Waals surface area contributed by atoms with Crippen molar-refractivity contribution in [3.63, 3.8) is 0 Å². The van der Waals surface area contributed by atoms with Crippen LogP contribution in [0.5, 0.6) is 5.88 Å². The monoisotopic (exact) mass is 280 g/mol. The van der Waals surface area contributed by atoms with E-state index in [1.807, 2.05) is 13.0 Å². The van der Waals surface area contributed by atoms with Crippen LogP contribution in [-0.4, -0.2) is 65.4 Å². The van der Waals surface area contributed by atoms with Gasteiger partial charge in [-0.1, -0.05) is 6.92 Å². The highest BCUT2D eigenvalue weighted by atomic mass is 16.5. The van der Waals surface area contributed by atoms with E-state index < -0.39 is 0 Å². The number of hydrogen-bond donors (Lipinski definition) is 1. The second-order valence-corrected chi connectivity index (χ2v) is 4.92. The maximum atomic E-state index is 9.36. The molecule has 1 aromatic rings. The zero-order valence-corrected chi connectivity index (χ0v) is 12.3. The normalized spacial score (nSPS) is 18.1. The molecule has 20 heavy (non-hydrogen) atoms. The van der Waals surface area contributed by atoms with Gasteiger partial charge in [0.25, 0.3) is 0 Å². The van der Waals surface area contributed by atoms with Crippen LogP contribution in [0.15, 0.2) is 12.4 Å². The van der Waals surface area contributed by atoms with Crippen molar-refractivity contribution < 1.29 is 9.84 Å². The molecule has 1 N–H and O–H groups in total. The van der Waals surface area contributed by atoms with Crippen molar-refractivity contribution in [2.24, 2.45) is 0 Å². The minimum atomic E-state index is 0.235. The third kappa shape index (κ3) is 3.58. The number of aromatic nitrogens is 2. The van der Waals surface area contributed by atoms with Gasteiger partial charge >= 0.3 is 0 Å². The molecule has 1 aromatic heterocycles. The Hall–Kier alpha value is -1.40. The van der Waals surface area contributed by atoms with Crippen LogP contribution in [-0.2, 0) is 0 Å². The topological polar surface area (TPSA) is 61.7 Å². The van der Waals surface area contributed by atoms with Gasteiger partial charge < -0.3 is 14.7 Å². The highest BCUT2D eigenvalue weighted by molar-refractivity contribution is 5.41. The molecule has 0 amide bonds. The van der Waals surface area contributed by atoms with Gasteiger partial charge in [-0.15, -0.1) is 0 Å². The summed E-state index contributed by atoms with van der Waals surface area (Å²) in [6.07, 6.45) is 2.54. The fourth-order valence-corrected chi connectivity index (χ4v) is 2.55. The number of anilines is 1. The third-order valence-corrected chi connectivity index (χ3v) is 3.76. The van der Waals surface area contributed by atoms with E-state index in [0.717, 1.165) is 38.4 Å². The van der Waals surface area contributed by atoms with Crippen LogP contribution in [0.4, 0.5) is 5.82 Å². The van der Waals surface area contributed by atoms with E-state index in [1.54, 1.807) is 6.33 Å². The van der Waals surface area contributed by atoms with Crippen LogP contribution in [0.3, 0.4) is 0 Å². The summed E-state index contributed by atoms with van der Waals surface area (Å²) >= 11 is 0. The van der Waals surface area contributed by atoms with Gasteiger partial charge in [-0.2, -0.15) is 0 Å². The summed E-state index contributed by atoms with van der Waals surface area (Å²) in [5.41, 5.74) is 0. The number of aliphatic hydroxyl groups excluding tert-OH is 1. The first kappa shape index (κ1) is 15.0. The maximum Gasteiger partial charge on any atom is 0.218 e. The first-order valence-electron chi connectivity index (χ1n) is 7.33. The van der Waals surface area contributed by atoms with E-state index in [-0.39, 0.29) is 12.6 Å². The highest BCUT2D eigenvalue weighted by Gasteiger charge is 2.23. The van der Waals surface area contributed by atoms with Gasteiger partial charge in [0.05, 0.1) is 13.2 Å². The van der Waals surface area contributed by atoms with E-state index >= 15 is 0 Å². The summed E-state index contributed by atoms with van der Waals surface area (Å²) in [6.45, 7) is 8.64. The molecule has 2 rings (SSSR count). The molecule has 6 nitrogen and oxygen atoms in total. The largest absolute Gasteiger partial charge is 0.478 e. The Labute approximate surface area is 120 Å². The van der Waals surface area contributed by atoms with Crippen molar-refractivity contribution in [2.45, 2.75) is 26.3 Å². The molecular weight excluding hydrogens is 256 g/mol. The predicted molar refractivity (Wildman–Crippen MR) is 78.2 cm³/mol. The van der Waals surface area contributed by atoms with Gasteiger partial charge in [0.2, 0.25) is 5.88 Å². The molecule has 0 bridgehead atoms. The van der Waals surface area contributed by atoms with Crippen molar-refractivity contribution in [1.82, 2.24) is 14.9 Å². The molecule has 0 aliphatic carbocycles. The molecule has 1 fully saturated rings. The first-order chi connectivity index (χ1) is 9.78. The SMILES string of the molecule is CCOc1cc(N2CCN(C(CC)CO)CC2)ncn1. The second-order valence-electron chi connectivity index (χ2n) is 4.92. The number of piperazine rings is 1. The predicted octanol–water partition coefficient (Wildman–Crippen LogP) is 0.768. The summed E-state index contributed by atoms with van der Waals surface area (Å²) in [4.78, 5) is 13.0. The zero-order valence-electron chi connectivity index (χ0n) is 12.3. The Bertz CT molecular complexity index is 404. The lowest BCUT2D eigenvalue weighted by Gasteiger charge is -2.38. The highest BCUT2D eigenvalue weighted by Crippen LogP contribution is 2.18. The standard InChI is InChI=1S/C14H24N4O2/c1-3-12(10-19)17-5-7-18(8-6-17)13-9-14(20-4-2)16-11-15-13/h9,11-12,19H,3-8,10H2,1-2H3. The molecule has 112 valence electrons. The number of ether oxygens (including phenoxy) is 1. The van der Waals surface area contributed by atoms with E-state index in [1.165, 1.54) is 0 Å². The van der Waals surface area contributed by atoms with Gasteiger partial charge in [-0.3, -0.25) is 4.90 Å². The van der Waals surface area contributed by atoms with E-state index in [9.17, 15) is 5.11 Å². The lowest BCUT2D eigenvalue weighted by molar-refractivity contribution is 0.114. The van der Waals surface area contributed by atoms with Gasteiger partial charge in [0, 0.05) is 38.3 Å². The Morgan fingerprint density at radius 3 is 2.60 bits per heavy atom. The molecule has 0 aromatic carbocycles. The van der Waals surface area contributed by atoms with Gasteiger partial charge in [0.1, 0.15) is 12.1 Å². The van der Waals surface area contributed by atoms with E-state index in [0.29, 0.717) is 12.5 Å². The first-order valence-corrected chi connectivity index (χ1v) is 7.33. The summed E-state index contributed by atoms with van der Waals surface area (Å²) in [5.74, 6) is 1.54. The summed E-state index contributed by atoms with van der Waals surface area (Å²) < 4.78 is 5.41. The lowest BCUT2D eigenvalue weighted by atomic mass is 10.1. The summed E-state index contributed by atoms with van der Waals surface area (Å²) in [6, 6.07) is 2.17. The fraction of sp³-hybridized carbons (Fsp3) is 0.714. The van der Waals surface area contributed by atoms with Crippen LogP contribution in [0.2, 0.25) is 0 Å². The number of aliphatic hydroxyl groups is 1. The Kier molecular flexibility index (Phi) is 5.55. The summed E-state index contributed by atoms with van der Waals surface area (Å²) in [7, 11) is 0. The average Bonchev–Trinajstić information content (AvgIpc) is 2.50. The fourth-order valence-electron chi connectivity index (χ4n) is 2.55. The number of nitrogens with zero attached hydrogens (tertiary/aromatic N) is 4. The molecule has 0 saturated carbocycles. The maximum absolute atomic E-state index is 9.36. The quantitative estimate of drug-likeness (QED) is 0.830. The van der Waals surface area contributed by atoms with Gasteiger partial charge in [-0.05, 0) is 13.3 Å². The molecule has 0 spiro atoms. The van der Waals surface area contributed by atoms with E-state index in [4.69, 9.17) is 4.74 Å². The molecule has 1 saturated heterocycles. The minimum Gasteiger partial charge on any atom is -0.478 e. The summed E-state index contributed by atoms with van der Waals surface area (Å²) in [5, 5.41) is 9.36. The van der Waals surface area contributed by atoms with E-state index in [2.05, 4.69) is 26.7 Å². The molecule has 1 aliphatic rings. The lowest BCUT2D eigenvalue weighted by Crippen LogP contribution is -2.51. The van der Waals surface area contributed by atoms with Crippen LogP contribution in [0.1, 0.15) is 20.3 Å². The van der Waals surface area contributed by atoms with Crippen molar-refractivity contribution in [3.8, 4) is 5.88 Å². The molecule has 1 unspecified atom stereocenters. The molecule has 6 heteroatoms. The van der Waals surface area contributed by atoms with Crippen molar-refractivity contribution >= 4 is 5.82 Å². The van der Waals surface area contributed by atoms with Crippen LogP contribution >= 0.6 is 0 Å². The third-order valence-electron chi connectivity index (χ3n) is 3.76. The van der Waals surface area contributed by atoms with Crippen molar-refractivity contribution in [3.05, 3.63) is 12.4 Å². The van der Waals surface area contributed by atoms with Crippen LogP contribution in [0.25, 0.3) is 0 Å². The van der Waals surface area contributed by atoms with Crippen LogP contribution in [0, 0.1) is 0 Å². The Balaban J connectivity index is 1.94. The average molecular weight is 280 g/mol. The molecular formula is C14H24N4O2. The van der Waals surface area contributed by atoms with Crippen molar-refractivity contribution in [2.75, 3.05) is 44.3 Å². The second kappa shape index (κ2) is 7.40. The minimum absolute atomic E-state index is 0.235. The Morgan fingerprint density at radius 2 is 2.00 bits per heavy atom. The molecule has 1 aliphatic heterocycles. The smallest absolute Gasteiger partial charge is 0.218 e. The zero-order chi connectivity index (χ0) is 14.4. The number of rotatable bonds is 6. The molecule has 0 radical (unpaired) electrons. The molecule has 2 heterocycles. The van der Waals surface area contributed by atoms with Gasteiger partial charge in [-0.25, -0.2) is 9.97 Å². The van der Waals surface area contributed by atoms with Gasteiger partial charge in [0.15, 0.2) is 0 Å². The Morgan fingerprint density at radius 1 is 1.25 bits per heavy atom. The van der Waals surface area contributed by atoms with Crippen LogP contribution < -0.4 is 9.64 Å².